The van der Waals surface area contributed by atoms with Crippen molar-refractivity contribution >= 4 is 43.2 Å². The molecule has 4 heteroatoms. The lowest BCUT2D eigenvalue weighted by molar-refractivity contribution is 0.736. The van der Waals surface area contributed by atoms with Crippen LogP contribution in [-0.2, 0) is 12.8 Å². The van der Waals surface area contributed by atoms with Crippen molar-refractivity contribution in [3.05, 3.63) is 90.9 Å². The average molecular weight is 554 g/mol. The van der Waals surface area contributed by atoms with Crippen LogP contribution in [0.5, 0.6) is 0 Å². The number of hydrogen-bond donors (Lipinski definition) is 0. The maximum Gasteiger partial charge on any atom is 0.0407 e. The summed E-state index contributed by atoms with van der Waals surface area (Å²) in [6, 6.07) is 18.3. The number of benzene rings is 3. The normalized spacial score (nSPS) is 16.5. The topological polar surface area (TPSA) is 6.48 Å². The minimum atomic E-state index is 0.176. The van der Waals surface area contributed by atoms with Gasteiger partial charge in [0, 0.05) is 53.4 Å². The summed E-state index contributed by atoms with van der Waals surface area (Å²) in [5.74, 6) is 0.176. The summed E-state index contributed by atoms with van der Waals surface area (Å²) in [6.07, 6.45) is 4.70. The molecule has 0 amide bonds. The van der Waals surface area contributed by atoms with Crippen molar-refractivity contribution < 1.29 is 0 Å². The summed E-state index contributed by atoms with van der Waals surface area (Å²) in [5, 5.41) is 0. The van der Waals surface area contributed by atoms with Crippen LogP contribution in [0.15, 0.2) is 57.5 Å². The average Bonchev–Trinajstić information content (AvgIpc) is 2.78. The first-order valence-corrected chi connectivity index (χ1v) is 13.2. The molecule has 0 bridgehead atoms. The minimum Gasteiger partial charge on any atom is -0.374 e. The molecule has 2 aliphatic rings. The molecule has 32 heavy (non-hydrogen) atoms. The molecule has 3 aromatic carbocycles. The molecule has 0 spiro atoms. The van der Waals surface area contributed by atoms with Crippen molar-refractivity contribution in [3.63, 3.8) is 0 Å². The van der Waals surface area contributed by atoms with Gasteiger partial charge in [0.2, 0.25) is 0 Å². The van der Waals surface area contributed by atoms with Crippen LogP contribution < -0.4 is 9.80 Å². The highest BCUT2D eigenvalue weighted by Crippen LogP contribution is 2.46. The molecule has 0 fully saturated rings. The summed E-state index contributed by atoms with van der Waals surface area (Å²) in [7, 11) is 4.42. The van der Waals surface area contributed by atoms with Gasteiger partial charge in [0.15, 0.2) is 0 Å². The summed E-state index contributed by atoms with van der Waals surface area (Å²) in [5.41, 5.74) is 11.1. The lowest BCUT2D eigenvalue weighted by Gasteiger charge is -2.32. The molecular formula is C28H30Br2N2. The van der Waals surface area contributed by atoms with E-state index in [1.54, 1.807) is 0 Å². The predicted octanol–water partition coefficient (Wildman–Crippen LogP) is 7.47. The van der Waals surface area contributed by atoms with Crippen LogP contribution in [0.2, 0.25) is 0 Å². The van der Waals surface area contributed by atoms with Gasteiger partial charge in [-0.1, -0.05) is 68.3 Å². The zero-order valence-corrected chi connectivity index (χ0v) is 22.3. The second kappa shape index (κ2) is 8.87. The third kappa shape index (κ3) is 3.80. The van der Waals surface area contributed by atoms with E-state index in [4.69, 9.17) is 0 Å². The Morgan fingerprint density at radius 3 is 2.28 bits per heavy atom. The Kier molecular flexibility index (Phi) is 6.11. The van der Waals surface area contributed by atoms with E-state index < -0.39 is 0 Å². The molecule has 2 nitrogen and oxygen atoms in total. The third-order valence-electron chi connectivity index (χ3n) is 7.25. The van der Waals surface area contributed by atoms with E-state index in [0.717, 1.165) is 25.9 Å². The fourth-order valence-corrected chi connectivity index (χ4v) is 6.83. The summed E-state index contributed by atoms with van der Waals surface area (Å²) >= 11 is 8.05. The summed E-state index contributed by atoms with van der Waals surface area (Å²) in [6.45, 7) is 4.50. The van der Waals surface area contributed by atoms with Crippen molar-refractivity contribution in [2.75, 3.05) is 37.0 Å². The van der Waals surface area contributed by atoms with Gasteiger partial charge in [-0.05, 0) is 78.1 Å². The van der Waals surface area contributed by atoms with Gasteiger partial charge >= 0.3 is 0 Å². The van der Waals surface area contributed by atoms with E-state index >= 15 is 0 Å². The number of fused-ring (bicyclic) bond motifs is 2. The summed E-state index contributed by atoms with van der Waals surface area (Å²) < 4.78 is 2.47. The van der Waals surface area contributed by atoms with E-state index in [0.29, 0.717) is 0 Å². The molecule has 0 aliphatic carbocycles. The van der Waals surface area contributed by atoms with Gasteiger partial charge in [-0.15, -0.1) is 0 Å². The highest BCUT2D eigenvalue weighted by atomic mass is 79.9. The Bertz CT molecular complexity index is 1160. The molecule has 0 saturated carbocycles. The van der Waals surface area contributed by atoms with Crippen LogP contribution in [0, 0.1) is 6.92 Å². The van der Waals surface area contributed by atoms with Crippen LogP contribution in [0.1, 0.15) is 52.1 Å². The molecule has 0 saturated heterocycles. The first-order chi connectivity index (χ1) is 15.5. The zero-order valence-electron chi connectivity index (χ0n) is 19.1. The minimum absolute atomic E-state index is 0.176. The Hall–Kier alpha value is -1.78. The quantitative estimate of drug-likeness (QED) is 0.310. The maximum absolute atomic E-state index is 4.07. The van der Waals surface area contributed by atoms with Gasteiger partial charge in [-0.2, -0.15) is 0 Å². The molecule has 5 rings (SSSR count). The third-order valence-corrected chi connectivity index (χ3v) is 8.87. The van der Waals surface area contributed by atoms with Gasteiger partial charge in [0.05, 0.1) is 0 Å². The van der Waals surface area contributed by atoms with Gasteiger partial charge in [0.1, 0.15) is 0 Å². The number of aryl methyl sites for hydroxylation is 2. The van der Waals surface area contributed by atoms with E-state index in [2.05, 4.69) is 111 Å². The highest BCUT2D eigenvalue weighted by molar-refractivity contribution is 9.11. The Morgan fingerprint density at radius 1 is 0.781 bits per heavy atom. The zero-order chi connectivity index (χ0) is 22.4. The van der Waals surface area contributed by atoms with E-state index in [1.807, 2.05) is 0 Å². The lowest BCUT2D eigenvalue weighted by atomic mass is 9.80. The SMILES string of the molecule is Cc1ccccc1C(c1cc2c(cc1Br)N(C)CCC2)c1ccc2c(c1Br)CCCN2C. The molecular weight excluding hydrogens is 524 g/mol. The monoisotopic (exact) mass is 552 g/mol. The molecule has 0 N–H and O–H groups in total. The second-order valence-corrected chi connectivity index (χ2v) is 11.0. The largest absolute Gasteiger partial charge is 0.374 e. The highest BCUT2D eigenvalue weighted by Gasteiger charge is 2.28. The van der Waals surface area contributed by atoms with Gasteiger partial charge in [-0.3, -0.25) is 0 Å². The van der Waals surface area contributed by atoms with Crippen LogP contribution in [0.25, 0.3) is 0 Å². The second-order valence-electron chi connectivity index (χ2n) is 9.31. The molecule has 1 unspecified atom stereocenters. The number of hydrogen-bond acceptors (Lipinski definition) is 2. The predicted molar refractivity (Wildman–Crippen MR) is 144 cm³/mol. The van der Waals surface area contributed by atoms with E-state index in [-0.39, 0.29) is 5.92 Å². The number of halogens is 2. The lowest BCUT2D eigenvalue weighted by Crippen LogP contribution is -2.26. The Morgan fingerprint density at radius 2 is 1.50 bits per heavy atom. The number of anilines is 2. The standard InChI is InChI=1S/C28H30Br2N2/c1-18-8-4-5-10-20(18)27(22-12-13-25-21(28(22)30)11-7-15-31(25)2)23-16-19-9-6-14-32(3)26(19)17-24(23)29/h4-5,8,10,12-13,16-17,27H,6-7,9,11,14-15H2,1-3H3. The van der Waals surface area contributed by atoms with Crippen LogP contribution >= 0.6 is 31.9 Å². The Balaban J connectivity index is 1.74. The summed E-state index contributed by atoms with van der Waals surface area (Å²) in [4.78, 5) is 4.78. The number of nitrogens with zero attached hydrogens (tertiary/aromatic N) is 2. The molecule has 166 valence electrons. The molecule has 0 radical (unpaired) electrons. The number of rotatable bonds is 3. The van der Waals surface area contributed by atoms with Crippen LogP contribution in [-0.4, -0.2) is 27.2 Å². The van der Waals surface area contributed by atoms with E-state index in [9.17, 15) is 0 Å². The fourth-order valence-electron chi connectivity index (χ4n) is 5.50. The van der Waals surface area contributed by atoms with Gasteiger partial charge in [0.25, 0.3) is 0 Å². The Labute approximate surface area is 208 Å². The van der Waals surface area contributed by atoms with Crippen molar-refractivity contribution in [2.45, 2.75) is 38.5 Å². The van der Waals surface area contributed by atoms with Crippen molar-refractivity contribution in [2.24, 2.45) is 0 Å². The van der Waals surface area contributed by atoms with Crippen LogP contribution in [0.3, 0.4) is 0 Å². The first-order valence-electron chi connectivity index (χ1n) is 11.6. The molecule has 3 aromatic rings. The molecule has 2 aliphatic heterocycles. The van der Waals surface area contributed by atoms with Gasteiger partial charge in [-0.25, -0.2) is 0 Å². The van der Waals surface area contributed by atoms with Crippen LogP contribution in [0.4, 0.5) is 11.4 Å². The van der Waals surface area contributed by atoms with E-state index in [1.165, 1.54) is 66.5 Å². The first kappa shape index (κ1) is 22.0. The maximum atomic E-state index is 4.07. The fraction of sp³-hybridized carbons (Fsp3) is 0.357. The molecule has 0 aromatic heterocycles. The van der Waals surface area contributed by atoms with Gasteiger partial charge < -0.3 is 9.80 Å². The smallest absolute Gasteiger partial charge is 0.0407 e. The van der Waals surface area contributed by atoms with Crippen molar-refractivity contribution in [3.8, 4) is 0 Å². The van der Waals surface area contributed by atoms with Crippen molar-refractivity contribution in [1.29, 1.82) is 0 Å². The molecule has 1 atom stereocenters. The molecule has 2 heterocycles. The van der Waals surface area contributed by atoms with Crippen molar-refractivity contribution in [1.82, 2.24) is 0 Å².